The second kappa shape index (κ2) is 13.2. The first-order valence-corrected chi connectivity index (χ1v) is 14.5. The normalized spacial score (nSPS) is 15.2. The number of halogens is 1. The molecule has 0 saturated carbocycles. The van der Waals surface area contributed by atoms with E-state index in [-0.39, 0.29) is 11.8 Å². The molecule has 1 aliphatic rings. The predicted octanol–water partition coefficient (Wildman–Crippen LogP) is 6.77. The molecule has 40 heavy (non-hydrogen) atoms. The Balaban J connectivity index is 1.17. The molecule has 0 aliphatic carbocycles. The van der Waals surface area contributed by atoms with E-state index in [1.54, 1.807) is 0 Å². The number of amides is 1. The number of piperidine rings is 1. The summed E-state index contributed by atoms with van der Waals surface area (Å²) in [7, 11) is 1.89. The van der Waals surface area contributed by atoms with Gasteiger partial charge in [0.25, 0.3) is 5.91 Å². The van der Waals surface area contributed by atoms with Crippen LogP contribution < -0.4 is 5.32 Å². The molecule has 1 atom stereocenters. The Hall–Kier alpha value is -3.61. The number of carbonyl (C=O) groups excluding carboxylic acids is 1. The van der Waals surface area contributed by atoms with Crippen molar-refractivity contribution in [3.8, 4) is 0 Å². The van der Waals surface area contributed by atoms with Crippen molar-refractivity contribution in [3.63, 3.8) is 0 Å². The first-order valence-electron chi connectivity index (χ1n) is 14.1. The van der Waals surface area contributed by atoms with Crippen molar-refractivity contribution in [1.29, 1.82) is 0 Å². The van der Waals surface area contributed by atoms with Crippen molar-refractivity contribution in [2.75, 3.05) is 38.5 Å². The number of aromatic nitrogens is 2. The molecule has 0 bridgehead atoms. The number of carbonyl (C=O) groups is 1. The number of fused-ring (bicyclic) bond motifs is 1. The molecule has 1 saturated heterocycles. The van der Waals surface area contributed by atoms with E-state index in [0.29, 0.717) is 18.2 Å². The lowest BCUT2D eigenvalue weighted by molar-refractivity contribution is 0.0782. The fourth-order valence-corrected chi connectivity index (χ4v) is 5.85. The molecule has 7 heteroatoms. The van der Waals surface area contributed by atoms with Crippen LogP contribution in [0.5, 0.6) is 0 Å². The van der Waals surface area contributed by atoms with Gasteiger partial charge in [0.2, 0.25) is 5.95 Å². The minimum absolute atomic E-state index is 0.0433. The van der Waals surface area contributed by atoms with Gasteiger partial charge in [-0.05, 0) is 73.7 Å². The van der Waals surface area contributed by atoms with Gasteiger partial charge in [-0.1, -0.05) is 60.1 Å². The van der Waals surface area contributed by atoms with Crippen molar-refractivity contribution >= 4 is 34.5 Å². The predicted molar refractivity (Wildman–Crippen MR) is 165 cm³/mol. The molecule has 0 spiro atoms. The van der Waals surface area contributed by atoms with E-state index in [9.17, 15) is 4.79 Å². The van der Waals surface area contributed by atoms with E-state index < -0.39 is 0 Å². The molecule has 1 fully saturated rings. The zero-order chi connectivity index (χ0) is 27.9. The van der Waals surface area contributed by atoms with Gasteiger partial charge in [0.05, 0.1) is 11.0 Å². The van der Waals surface area contributed by atoms with Crippen LogP contribution in [0, 0.1) is 0 Å². The molecule has 6 nitrogen and oxygen atoms in total. The van der Waals surface area contributed by atoms with E-state index in [1.807, 2.05) is 66.6 Å². The van der Waals surface area contributed by atoms with E-state index in [2.05, 4.69) is 46.0 Å². The van der Waals surface area contributed by atoms with Gasteiger partial charge in [-0.25, -0.2) is 4.98 Å². The standard InChI is InChI=1S/C33H38ClN5O/c1-3-9-24-12-8-15-30-31(24)37-33(36-30)35-29-17-20-39(21-18-29)19-16-27(26-13-7-14-28(34)22-26)23-38(2)32(40)25-10-5-4-6-11-25/h3-8,10-15,22,27,29H,1,9,16-21,23H2,2H3,(H2,35,36,37). The van der Waals surface area contributed by atoms with E-state index in [4.69, 9.17) is 16.6 Å². The Morgan fingerprint density at radius 3 is 2.67 bits per heavy atom. The van der Waals surface area contributed by atoms with Gasteiger partial charge in [-0.15, -0.1) is 6.58 Å². The summed E-state index contributed by atoms with van der Waals surface area (Å²) in [5, 5.41) is 4.36. The summed E-state index contributed by atoms with van der Waals surface area (Å²) in [5.74, 6) is 1.09. The molecular formula is C33H38ClN5O. The summed E-state index contributed by atoms with van der Waals surface area (Å²) >= 11 is 6.36. The van der Waals surface area contributed by atoms with Crippen LogP contribution in [-0.4, -0.2) is 64.9 Å². The van der Waals surface area contributed by atoms with E-state index in [0.717, 1.165) is 67.3 Å². The summed E-state index contributed by atoms with van der Waals surface area (Å²) in [6, 6.07) is 24.2. The maximum atomic E-state index is 13.0. The van der Waals surface area contributed by atoms with Crippen LogP contribution >= 0.6 is 11.6 Å². The van der Waals surface area contributed by atoms with Crippen LogP contribution in [0.3, 0.4) is 0 Å². The number of aromatic amines is 1. The highest BCUT2D eigenvalue weighted by molar-refractivity contribution is 6.30. The number of anilines is 1. The highest BCUT2D eigenvalue weighted by Gasteiger charge is 2.23. The van der Waals surface area contributed by atoms with Gasteiger partial charge in [0.1, 0.15) is 0 Å². The first-order chi connectivity index (χ1) is 19.5. The fourth-order valence-electron chi connectivity index (χ4n) is 5.65. The molecule has 1 aliphatic heterocycles. The molecule has 4 aromatic rings. The van der Waals surface area contributed by atoms with Gasteiger partial charge in [0.15, 0.2) is 0 Å². The second-order valence-corrected chi connectivity index (χ2v) is 11.2. The quantitative estimate of drug-likeness (QED) is 0.200. The van der Waals surface area contributed by atoms with E-state index in [1.165, 1.54) is 11.1 Å². The van der Waals surface area contributed by atoms with Crippen LogP contribution in [0.15, 0.2) is 85.5 Å². The summed E-state index contributed by atoms with van der Waals surface area (Å²) in [5.41, 5.74) is 5.16. The summed E-state index contributed by atoms with van der Waals surface area (Å²) < 4.78 is 0. The molecular weight excluding hydrogens is 518 g/mol. The number of likely N-dealkylation sites (N-methyl/N-ethyl adjacent to an activating group) is 1. The number of H-pyrrole nitrogens is 1. The van der Waals surface area contributed by atoms with Crippen LogP contribution in [0.25, 0.3) is 11.0 Å². The number of para-hydroxylation sites is 1. The van der Waals surface area contributed by atoms with Crippen LogP contribution in [0.4, 0.5) is 5.95 Å². The van der Waals surface area contributed by atoms with E-state index >= 15 is 0 Å². The minimum atomic E-state index is 0.0433. The SMILES string of the molecule is C=CCc1cccc2[nH]c(NC3CCN(CCC(CN(C)C(=O)c4ccccc4)c4cccc(Cl)c4)CC3)nc12. The number of rotatable bonds is 11. The topological polar surface area (TPSA) is 64.3 Å². The van der Waals surface area contributed by atoms with Gasteiger partial charge in [0, 0.05) is 49.2 Å². The van der Waals surface area contributed by atoms with Crippen LogP contribution in [0.2, 0.25) is 5.02 Å². The Morgan fingerprint density at radius 1 is 1.15 bits per heavy atom. The molecule has 5 rings (SSSR count). The van der Waals surface area contributed by atoms with Crippen LogP contribution in [0.1, 0.15) is 46.7 Å². The van der Waals surface area contributed by atoms with Crippen molar-refractivity contribution in [2.24, 2.45) is 0 Å². The average molecular weight is 556 g/mol. The van der Waals surface area contributed by atoms with Gasteiger partial charge in [-0.2, -0.15) is 0 Å². The largest absolute Gasteiger partial charge is 0.353 e. The van der Waals surface area contributed by atoms with Crippen molar-refractivity contribution in [3.05, 3.63) is 107 Å². The summed E-state index contributed by atoms with van der Waals surface area (Å²) in [4.78, 5) is 25.7. The highest BCUT2D eigenvalue weighted by Crippen LogP contribution is 2.26. The molecule has 1 unspecified atom stereocenters. The molecule has 2 heterocycles. The zero-order valence-corrected chi connectivity index (χ0v) is 23.9. The average Bonchev–Trinajstić information content (AvgIpc) is 3.39. The van der Waals surface area contributed by atoms with Crippen LogP contribution in [-0.2, 0) is 6.42 Å². The van der Waals surface area contributed by atoms with Gasteiger partial charge < -0.3 is 20.1 Å². The number of allylic oxidation sites excluding steroid dienone is 1. The zero-order valence-electron chi connectivity index (χ0n) is 23.2. The molecule has 2 N–H and O–H groups in total. The minimum Gasteiger partial charge on any atom is -0.353 e. The third-order valence-electron chi connectivity index (χ3n) is 7.86. The number of benzene rings is 3. The summed E-state index contributed by atoms with van der Waals surface area (Å²) in [6.45, 7) is 7.55. The fraction of sp³-hybridized carbons (Fsp3) is 0.333. The number of nitrogens with zero attached hydrogens (tertiary/aromatic N) is 3. The molecule has 0 radical (unpaired) electrons. The summed E-state index contributed by atoms with van der Waals surface area (Å²) in [6.07, 6.45) is 5.81. The number of likely N-dealkylation sites (tertiary alicyclic amines) is 1. The highest BCUT2D eigenvalue weighted by atomic mass is 35.5. The number of imidazole rings is 1. The molecule has 208 valence electrons. The molecule has 1 aromatic heterocycles. The van der Waals surface area contributed by atoms with Crippen molar-refractivity contribution in [2.45, 2.75) is 37.6 Å². The van der Waals surface area contributed by atoms with Crippen molar-refractivity contribution < 1.29 is 4.79 Å². The Labute approximate surface area is 242 Å². The molecule has 1 amide bonds. The lowest BCUT2D eigenvalue weighted by Crippen LogP contribution is -2.40. The van der Waals surface area contributed by atoms with Gasteiger partial charge in [-0.3, -0.25) is 4.79 Å². The first kappa shape index (κ1) is 27.9. The number of nitrogens with one attached hydrogen (secondary N) is 2. The smallest absolute Gasteiger partial charge is 0.253 e. The second-order valence-electron chi connectivity index (χ2n) is 10.7. The lowest BCUT2D eigenvalue weighted by atomic mass is 9.94. The number of hydrogen-bond donors (Lipinski definition) is 2. The third kappa shape index (κ3) is 6.93. The number of hydrogen-bond acceptors (Lipinski definition) is 4. The third-order valence-corrected chi connectivity index (χ3v) is 8.10. The Bertz CT molecular complexity index is 1430. The van der Waals surface area contributed by atoms with Gasteiger partial charge >= 0.3 is 0 Å². The Morgan fingerprint density at radius 2 is 1.93 bits per heavy atom. The Kier molecular flexibility index (Phi) is 9.19. The monoisotopic (exact) mass is 555 g/mol. The maximum Gasteiger partial charge on any atom is 0.253 e. The maximum absolute atomic E-state index is 13.0. The lowest BCUT2D eigenvalue weighted by Gasteiger charge is -2.33. The molecule has 3 aromatic carbocycles. The van der Waals surface area contributed by atoms with Crippen molar-refractivity contribution in [1.82, 2.24) is 19.8 Å².